The summed E-state index contributed by atoms with van der Waals surface area (Å²) < 4.78 is 8.44. The molecular formula is C12H10IN3O. The molecule has 0 spiro atoms. The van der Waals surface area contributed by atoms with Crippen LogP contribution in [0.5, 0.6) is 11.6 Å². The Morgan fingerprint density at radius 1 is 1.35 bits per heavy atom. The number of aromatic nitrogens is 2. The number of nitrogens with zero attached hydrogens (tertiary/aromatic N) is 3. The molecule has 1 aromatic heterocycles. The third kappa shape index (κ3) is 2.42. The van der Waals surface area contributed by atoms with Gasteiger partial charge >= 0.3 is 0 Å². The first-order valence-electron chi connectivity index (χ1n) is 4.99. The molecule has 0 aliphatic carbocycles. The van der Waals surface area contributed by atoms with Gasteiger partial charge in [-0.05, 0) is 53.8 Å². The van der Waals surface area contributed by atoms with E-state index in [9.17, 15) is 0 Å². The first-order valence-corrected chi connectivity index (χ1v) is 6.07. The van der Waals surface area contributed by atoms with Crippen LogP contribution in [0.1, 0.15) is 11.3 Å². The summed E-state index contributed by atoms with van der Waals surface area (Å²) in [6, 6.07) is 9.08. The normalized spacial score (nSPS) is 10.0. The minimum atomic E-state index is 0.619. The zero-order valence-electron chi connectivity index (χ0n) is 9.44. The number of halogens is 1. The number of nitriles is 1. The van der Waals surface area contributed by atoms with Gasteiger partial charge in [0.1, 0.15) is 5.75 Å². The summed E-state index contributed by atoms with van der Waals surface area (Å²) in [5.41, 5.74) is 1.56. The van der Waals surface area contributed by atoms with E-state index >= 15 is 0 Å². The van der Waals surface area contributed by atoms with E-state index in [-0.39, 0.29) is 0 Å². The van der Waals surface area contributed by atoms with E-state index in [4.69, 9.17) is 10.00 Å². The molecule has 0 bridgehead atoms. The first-order chi connectivity index (χ1) is 8.11. The summed E-state index contributed by atoms with van der Waals surface area (Å²) in [5, 5.41) is 13.0. The third-order valence-electron chi connectivity index (χ3n) is 2.30. The fraction of sp³-hybridized carbons (Fsp3) is 0.167. The zero-order valence-corrected chi connectivity index (χ0v) is 11.6. The number of aryl methyl sites for hydroxylation is 2. The van der Waals surface area contributed by atoms with Gasteiger partial charge in [-0.2, -0.15) is 10.4 Å². The Morgan fingerprint density at radius 3 is 2.47 bits per heavy atom. The largest absolute Gasteiger partial charge is 0.438 e. The molecule has 0 N–H and O–H groups in total. The predicted octanol–water partition coefficient (Wildman–Crippen LogP) is 3.00. The lowest BCUT2D eigenvalue weighted by molar-refractivity contribution is 0.428. The smallest absolute Gasteiger partial charge is 0.231 e. The SMILES string of the molecule is Cc1nn(C)c(Oc2ccc(C#N)cc2)c1I. The highest BCUT2D eigenvalue weighted by molar-refractivity contribution is 14.1. The van der Waals surface area contributed by atoms with Crippen molar-refractivity contribution in [1.29, 1.82) is 5.26 Å². The van der Waals surface area contributed by atoms with Crippen LogP contribution in [-0.2, 0) is 7.05 Å². The molecule has 0 unspecified atom stereocenters. The zero-order chi connectivity index (χ0) is 12.4. The lowest BCUT2D eigenvalue weighted by Crippen LogP contribution is -1.95. The maximum Gasteiger partial charge on any atom is 0.231 e. The van der Waals surface area contributed by atoms with Crippen LogP contribution >= 0.6 is 22.6 Å². The Morgan fingerprint density at radius 2 is 2.00 bits per heavy atom. The number of hydrogen-bond donors (Lipinski definition) is 0. The van der Waals surface area contributed by atoms with Crippen LogP contribution in [0.3, 0.4) is 0 Å². The molecule has 2 aromatic rings. The number of rotatable bonds is 2. The second-order valence-electron chi connectivity index (χ2n) is 3.57. The second kappa shape index (κ2) is 4.75. The summed E-state index contributed by atoms with van der Waals surface area (Å²) in [5.74, 6) is 1.41. The summed E-state index contributed by atoms with van der Waals surface area (Å²) in [6.07, 6.45) is 0. The van der Waals surface area contributed by atoms with Crippen LogP contribution in [0, 0.1) is 21.8 Å². The highest BCUT2D eigenvalue weighted by atomic mass is 127. The average molecular weight is 339 g/mol. The van der Waals surface area contributed by atoms with Crippen molar-refractivity contribution < 1.29 is 4.74 Å². The van der Waals surface area contributed by atoms with Crippen molar-refractivity contribution in [2.24, 2.45) is 7.05 Å². The molecule has 0 amide bonds. The number of hydrogen-bond acceptors (Lipinski definition) is 3. The van der Waals surface area contributed by atoms with Gasteiger partial charge in [-0.25, -0.2) is 4.68 Å². The van der Waals surface area contributed by atoms with Gasteiger partial charge in [-0.15, -0.1) is 0 Å². The fourth-order valence-corrected chi connectivity index (χ4v) is 2.00. The van der Waals surface area contributed by atoms with Gasteiger partial charge in [0.15, 0.2) is 0 Å². The fourth-order valence-electron chi connectivity index (χ4n) is 1.43. The summed E-state index contributed by atoms with van der Waals surface area (Å²) in [4.78, 5) is 0. The molecule has 4 nitrogen and oxygen atoms in total. The summed E-state index contributed by atoms with van der Waals surface area (Å²) in [6.45, 7) is 1.94. The molecular weight excluding hydrogens is 329 g/mol. The highest BCUT2D eigenvalue weighted by Gasteiger charge is 2.12. The van der Waals surface area contributed by atoms with Crippen LogP contribution in [0.4, 0.5) is 0 Å². The third-order valence-corrected chi connectivity index (χ3v) is 3.54. The molecule has 0 aliphatic rings. The van der Waals surface area contributed by atoms with Crippen molar-refractivity contribution in [3.05, 3.63) is 39.1 Å². The van der Waals surface area contributed by atoms with Crippen molar-refractivity contribution in [1.82, 2.24) is 9.78 Å². The summed E-state index contributed by atoms with van der Waals surface area (Å²) in [7, 11) is 1.84. The second-order valence-corrected chi connectivity index (χ2v) is 4.65. The predicted molar refractivity (Wildman–Crippen MR) is 71.9 cm³/mol. The molecule has 0 saturated carbocycles. The number of ether oxygens (including phenoxy) is 1. The Labute approximate surface area is 113 Å². The number of benzene rings is 1. The van der Waals surface area contributed by atoms with E-state index < -0.39 is 0 Å². The van der Waals surface area contributed by atoms with Crippen LogP contribution in [0.25, 0.3) is 0 Å². The van der Waals surface area contributed by atoms with Gasteiger partial charge in [0, 0.05) is 7.05 Å². The maximum absolute atomic E-state index is 8.70. The Kier molecular flexibility index (Phi) is 3.33. The lowest BCUT2D eigenvalue weighted by Gasteiger charge is -2.05. The quantitative estimate of drug-likeness (QED) is 0.791. The molecule has 17 heavy (non-hydrogen) atoms. The highest BCUT2D eigenvalue weighted by Crippen LogP contribution is 2.28. The molecule has 0 fully saturated rings. The monoisotopic (exact) mass is 339 g/mol. The molecule has 0 saturated heterocycles. The summed E-state index contributed by atoms with van der Waals surface area (Å²) >= 11 is 2.21. The first kappa shape index (κ1) is 11.9. The molecule has 2 rings (SSSR count). The molecule has 86 valence electrons. The van der Waals surface area contributed by atoms with Crippen molar-refractivity contribution in [3.63, 3.8) is 0 Å². The Hall–Kier alpha value is -1.55. The minimum Gasteiger partial charge on any atom is -0.438 e. The van der Waals surface area contributed by atoms with Gasteiger partial charge in [0.05, 0.1) is 20.9 Å². The van der Waals surface area contributed by atoms with Gasteiger partial charge < -0.3 is 4.74 Å². The lowest BCUT2D eigenvalue weighted by atomic mass is 10.2. The van der Waals surface area contributed by atoms with E-state index in [1.165, 1.54) is 0 Å². The van der Waals surface area contributed by atoms with Crippen LogP contribution in [0.2, 0.25) is 0 Å². The van der Waals surface area contributed by atoms with Gasteiger partial charge in [-0.3, -0.25) is 0 Å². The van der Waals surface area contributed by atoms with E-state index in [1.54, 1.807) is 28.9 Å². The van der Waals surface area contributed by atoms with E-state index in [2.05, 4.69) is 33.8 Å². The minimum absolute atomic E-state index is 0.619. The van der Waals surface area contributed by atoms with Crippen molar-refractivity contribution in [2.45, 2.75) is 6.92 Å². The Balaban J connectivity index is 2.29. The van der Waals surface area contributed by atoms with E-state index in [0.29, 0.717) is 17.2 Å². The van der Waals surface area contributed by atoms with Crippen molar-refractivity contribution in [2.75, 3.05) is 0 Å². The van der Waals surface area contributed by atoms with Gasteiger partial charge in [0.25, 0.3) is 0 Å². The van der Waals surface area contributed by atoms with Gasteiger partial charge in [0.2, 0.25) is 5.88 Å². The standard InChI is InChI=1S/C12H10IN3O/c1-8-11(13)12(16(2)15-8)17-10-5-3-9(7-14)4-6-10/h3-6H,1-2H3. The average Bonchev–Trinajstić information content (AvgIpc) is 2.57. The van der Waals surface area contributed by atoms with Crippen LogP contribution in [-0.4, -0.2) is 9.78 Å². The van der Waals surface area contributed by atoms with Crippen LogP contribution < -0.4 is 4.74 Å². The molecule has 1 aromatic carbocycles. The van der Waals surface area contributed by atoms with Gasteiger partial charge in [-0.1, -0.05) is 0 Å². The molecule has 1 heterocycles. The molecule has 5 heteroatoms. The van der Waals surface area contributed by atoms with Crippen molar-refractivity contribution in [3.8, 4) is 17.7 Å². The molecule has 0 atom stereocenters. The molecule has 0 aliphatic heterocycles. The van der Waals surface area contributed by atoms with Crippen LogP contribution in [0.15, 0.2) is 24.3 Å². The van der Waals surface area contributed by atoms with E-state index in [1.807, 2.05) is 14.0 Å². The topological polar surface area (TPSA) is 50.8 Å². The Bertz CT molecular complexity index is 581. The van der Waals surface area contributed by atoms with E-state index in [0.717, 1.165) is 9.26 Å². The maximum atomic E-state index is 8.70. The van der Waals surface area contributed by atoms with Crippen molar-refractivity contribution >= 4 is 22.6 Å². The molecule has 0 radical (unpaired) electrons.